The highest BCUT2D eigenvalue weighted by Gasteiger charge is 2.35. The van der Waals surface area contributed by atoms with Crippen LogP contribution in [0.15, 0.2) is 108 Å². The highest BCUT2D eigenvalue weighted by molar-refractivity contribution is 7.92. The molecule has 0 unspecified atom stereocenters. The molecular weight excluding hydrogens is 629 g/mol. The third-order valence-corrected chi connectivity index (χ3v) is 10.1. The quantitative estimate of drug-likeness (QED) is 0.166. The fourth-order valence-corrected chi connectivity index (χ4v) is 6.55. The van der Waals surface area contributed by atoms with Crippen molar-refractivity contribution in [2.75, 3.05) is 10.8 Å². The van der Waals surface area contributed by atoms with E-state index in [1.165, 1.54) is 17.0 Å². The molecule has 0 heterocycles. The molecular formula is C35H37Cl2N3O4S. The number of benzene rings is 4. The summed E-state index contributed by atoms with van der Waals surface area (Å²) in [4.78, 5) is 29.9. The molecule has 2 amide bonds. The third-order valence-electron chi connectivity index (χ3n) is 7.54. The summed E-state index contributed by atoms with van der Waals surface area (Å²) in [6.45, 7) is 5.21. The smallest absolute Gasteiger partial charge is 0.264 e. The van der Waals surface area contributed by atoms with Crippen molar-refractivity contribution in [2.24, 2.45) is 0 Å². The molecule has 10 heteroatoms. The average molecular weight is 667 g/mol. The van der Waals surface area contributed by atoms with Crippen LogP contribution in [0.2, 0.25) is 10.0 Å². The van der Waals surface area contributed by atoms with Gasteiger partial charge >= 0.3 is 0 Å². The normalized spacial score (nSPS) is 12.6. The molecule has 0 fully saturated rings. The van der Waals surface area contributed by atoms with Crippen molar-refractivity contribution in [1.82, 2.24) is 10.2 Å². The van der Waals surface area contributed by atoms with Crippen LogP contribution in [0.4, 0.5) is 5.69 Å². The van der Waals surface area contributed by atoms with Crippen LogP contribution in [0.1, 0.15) is 37.0 Å². The number of amides is 2. The lowest BCUT2D eigenvalue weighted by Gasteiger charge is -2.34. The fraction of sp³-hybridized carbons (Fsp3) is 0.257. The van der Waals surface area contributed by atoms with Gasteiger partial charge in [0.2, 0.25) is 11.8 Å². The van der Waals surface area contributed by atoms with Gasteiger partial charge in [0, 0.05) is 19.0 Å². The first kappa shape index (κ1) is 34.0. The maximum absolute atomic E-state index is 14.5. The monoisotopic (exact) mass is 665 g/mol. The van der Waals surface area contributed by atoms with Crippen LogP contribution in [-0.4, -0.2) is 43.8 Å². The van der Waals surface area contributed by atoms with Crippen LogP contribution < -0.4 is 9.62 Å². The van der Waals surface area contributed by atoms with Gasteiger partial charge in [-0.3, -0.25) is 13.9 Å². The molecule has 0 bridgehead atoms. The van der Waals surface area contributed by atoms with Crippen LogP contribution in [0.5, 0.6) is 0 Å². The lowest BCUT2D eigenvalue weighted by atomic mass is 10.0. The van der Waals surface area contributed by atoms with Gasteiger partial charge in [-0.15, -0.1) is 0 Å². The summed E-state index contributed by atoms with van der Waals surface area (Å²) in [5, 5.41) is 3.69. The summed E-state index contributed by atoms with van der Waals surface area (Å²) >= 11 is 12.5. The summed E-state index contributed by atoms with van der Waals surface area (Å²) in [7, 11) is -4.16. The Morgan fingerprint density at radius 2 is 1.44 bits per heavy atom. The predicted molar refractivity (Wildman–Crippen MR) is 181 cm³/mol. The lowest BCUT2D eigenvalue weighted by Crippen LogP contribution is -2.54. The molecule has 1 N–H and O–H groups in total. The number of hydrogen-bond acceptors (Lipinski definition) is 4. The Labute approximate surface area is 275 Å². The molecule has 0 saturated carbocycles. The number of sulfonamides is 1. The molecule has 0 aliphatic carbocycles. The average Bonchev–Trinajstić information content (AvgIpc) is 3.04. The minimum absolute atomic E-state index is 0.00568. The van der Waals surface area contributed by atoms with Crippen molar-refractivity contribution in [3.05, 3.63) is 130 Å². The molecule has 0 saturated heterocycles. The van der Waals surface area contributed by atoms with E-state index in [4.69, 9.17) is 23.2 Å². The molecule has 7 nitrogen and oxygen atoms in total. The van der Waals surface area contributed by atoms with E-state index in [0.717, 1.165) is 15.4 Å². The zero-order valence-corrected chi connectivity index (χ0v) is 27.8. The van der Waals surface area contributed by atoms with E-state index in [0.29, 0.717) is 27.7 Å². The molecule has 45 heavy (non-hydrogen) atoms. The number of carbonyl (C=O) groups is 2. The van der Waals surface area contributed by atoms with E-state index in [2.05, 4.69) is 5.32 Å². The van der Waals surface area contributed by atoms with Crippen LogP contribution >= 0.6 is 23.2 Å². The number of carbonyl (C=O) groups excluding carboxylic acids is 2. The standard InChI is InChI=1S/C35H37Cl2N3O4S/c1-4-26(3)38-35(42)33(22-27-11-7-5-8-12-27)39(23-28-17-20-31(36)32(37)21-28)34(41)24-40(29-18-15-25(2)16-19-29)45(43,44)30-13-9-6-10-14-30/h5-21,26,33H,4,22-24H2,1-3H3,(H,38,42)/t26-,33-/m1/s1. The first-order valence-electron chi connectivity index (χ1n) is 14.7. The molecule has 4 aromatic carbocycles. The Morgan fingerprint density at radius 3 is 2.04 bits per heavy atom. The minimum Gasteiger partial charge on any atom is -0.352 e. The molecule has 0 spiro atoms. The Bertz CT molecular complexity index is 1700. The summed E-state index contributed by atoms with van der Waals surface area (Å²) in [6.07, 6.45) is 0.910. The number of halogens is 2. The van der Waals surface area contributed by atoms with E-state index < -0.39 is 28.5 Å². The highest BCUT2D eigenvalue weighted by atomic mass is 35.5. The maximum atomic E-state index is 14.5. The lowest BCUT2D eigenvalue weighted by molar-refractivity contribution is -0.140. The van der Waals surface area contributed by atoms with Gasteiger partial charge in [-0.2, -0.15) is 0 Å². The van der Waals surface area contributed by atoms with Crippen LogP contribution in [0.25, 0.3) is 0 Å². The topological polar surface area (TPSA) is 86.8 Å². The predicted octanol–water partition coefficient (Wildman–Crippen LogP) is 7.05. The van der Waals surface area contributed by atoms with Gasteiger partial charge in [0.05, 0.1) is 20.6 Å². The number of anilines is 1. The van der Waals surface area contributed by atoms with Gasteiger partial charge in [-0.05, 0) is 67.8 Å². The third kappa shape index (κ3) is 8.87. The first-order chi connectivity index (χ1) is 21.5. The molecule has 0 radical (unpaired) electrons. The Kier molecular flexibility index (Phi) is 11.7. The van der Waals surface area contributed by atoms with E-state index >= 15 is 0 Å². The van der Waals surface area contributed by atoms with Crippen molar-refractivity contribution < 1.29 is 18.0 Å². The van der Waals surface area contributed by atoms with Crippen molar-refractivity contribution in [3.8, 4) is 0 Å². The Morgan fingerprint density at radius 1 is 0.822 bits per heavy atom. The fourth-order valence-electron chi connectivity index (χ4n) is 4.79. The first-order valence-corrected chi connectivity index (χ1v) is 16.9. The second-order valence-corrected chi connectivity index (χ2v) is 13.6. The Balaban J connectivity index is 1.81. The second-order valence-electron chi connectivity index (χ2n) is 11.0. The molecule has 2 atom stereocenters. The van der Waals surface area contributed by atoms with Crippen molar-refractivity contribution in [3.63, 3.8) is 0 Å². The molecule has 0 aromatic heterocycles. The van der Waals surface area contributed by atoms with Crippen molar-refractivity contribution >= 4 is 50.7 Å². The maximum Gasteiger partial charge on any atom is 0.264 e. The van der Waals surface area contributed by atoms with Crippen molar-refractivity contribution in [2.45, 2.75) is 57.1 Å². The van der Waals surface area contributed by atoms with Crippen LogP contribution in [-0.2, 0) is 32.6 Å². The number of nitrogens with zero attached hydrogens (tertiary/aromatic N) is 2. The summed E-state index contributed by atoms with van der Waals surface area (Å²) < 4.78 is 29.2. The number of rotatable bonds is 13. The van der Waals surface area contributed by atoms with Crippen LogP contribution in [0, 0.1) is 6.92 Å². The van der Waals surface area contributed by atoms with Gasteiger partial charge in [0.15, 0.2) is 0 Å². The van der Waals surface area contributed by atoms with E-state index in [1.807, 2.05) is 51.1 Å². The van der Waals surface area contributed by atoms with E-state index in [9.17, 15) is 18.0 Å². The number of hydrogen-bond donors (Lipinski definition) is 1. The van der Waals surface area contributed by atoms with Gasteiger partial charge in [0.1, 0.15) is 12.6 Å². The van der Waals surface area contributed by atoms with Gasteiger partial charge in [-0.1, -0.05) is 102 Å². The molecule has 0 aliphatic rings. The van der Waals surface area contributed by atoms with E-state index in [1.54, 1.807) is 60.7 Å². The molecule has 4 aromatic rings. The highest BCUT2D eigenvalue weighted by Crippen LogP contribution is 2.27. The summed E-state index contributed by atoms with van der Waals surface area (Å²) in [5.41, 5.74) is 2.75. The summed E-state index contributed by atoms with van der Waals surface area (Å²) in [5.74, 6) is -0.893. The SMILES string of the molecule is CC[C@@H](C)NC(=O)[C@@H](Cc1ccccc1)N(Cc1ccc(Cl)c(Cl)c1)C(=O)CN(c1ccc(C)cc1)S(=O)(=O)c1ccccc1. The number of aryl methyl sites for hydroxylation is 1. The molecule has 236 valence electrons. The van der Waals surface area contributed by atoms with Crippen LogP contribution in [0.3, 0.4) is 0 Å². The van der Waals surface area contributed by atoms with Gasteiger partial charge in [0.25, 0.3) is 10.0 Å². The zero-order chi connectivity index (χ0) is 32.6. The van der Waals surface area contributed by atoms with Gasteiger partial charge in [-0.25, -0.2) is 8.42 Å². The second kappa shape index (κ2) is 15.4. The Hall–Kier alpha value is -3.85. The van der Waals surface area contributed by atoms with Crippen molar-refractivity contribution in [1.29, 1.82) is 0 Å². The largest absolute Gasteiger partial charge is 0.352 e. The molecule has 0 aliphatic heterocycles. The van der Waals surface area contributed by atoms with Gasteiger partial charge < -0.3 is 10.2 Å². The minimum atomic E-state index is -4.16. The number of nitrogens with one attached hydrogen (secondary N) is 1. The summed E-state index contributed by atoms with van der Waals surface area (Å²) in [6, 6.07) is 28.2. The zero-order valence-electron chi connectivity index (χ0n) is 25.5. The van der Waals surface area contributed by atoms with E-state index in [-0.39, 0.29) is 29.8 Å². The molecule has 4 rings (SSSR count).